The highest BCUT2D eigenvalue weighted by molar-refractivity contribution is 9.10. The summed E-state index contributed by atoms with van der Waals surface area (Å²) in [6, 6.07) is 4.42. The van der Waals surface area contributed by atoms with Gasteiger partial charge >= 0.3 is 0 Å². The lowest BCUT2D eigenvalue weighted by molar-refractivity contribution is 0.266. The monoisotopic (exact) mass is 283 g/mol. The molecule has 0 unspecified atom stereocenters. The van der Waals surface area contributed by atoms with Crippen molar-refractivity contribution >= 4 is 15.9 Å². The van der Waals surface area contributed by atoms with Crippen LogP contribution in [0.2, 0.25) is 0 Å². The van der Waals surface area contributed by atoms with Gasteiger partial charge in [0.2, 0.25) is 0 Å². The number of fused-ring (bicyclic) bond motifs is 1. The third kappa shape index (κ3) is 2.11. The van der Waals surface area contributed by atoms with E-state index in [4.69, 9.17) is 10.5 Å². The fourth-order valence-electron chi connectivity index (χ4n) is 1.92. The second-order valence-corrected chi connectivity index (χ2v) is 6.22. The molecule has 1 aliphatic rings. The molecule has 0 radical (unpaired) electrons. The van der Waals surface area contributed by atoms with Crippen molar-refractivity contribution in [1.82, 2.24) is 0 Å². The molecule has 3 heteroatoms. The van der Waals surface area contributed by atoms with Crippen molar-refractivity contribution in [3.05, 3.63) is 27.7 Å². The minimum Gasteiger partial charge on any atom is -0.492 e. The summed E-state index contributed by atoms with van der Waals surface area (Å²) in [6.07, 6.45) is 0.896. The lowest BCUT2D eigenvalue weighted by atomic mass is 9.84. The van der Waals surface area contributed by atoms with Crippen LogP contribution in [0.1, 0.15) is 44.4 Å². The van der Waals surface area contributed by atoms with Crippen molar-refractivity contribution < 1.29 is 4.74 Å². The van der Waals surface area contributed by atoms with Crippen LogP contribution in [0.4, 0.5) is 0 Å². The third-order valence-corrected chi connectivity index (χ3v) is 3.60. The van der Waals surface area contributed by atoms with E-state index in [2.05, 4.69) is 48.8 Å². The van der Waals surface area contributed by atoms with E-state index in [0.29, 0.717) is 6.61 Å². The summed E-state index contributed by atoms with van der Waals surface area (Å²) in [7, 11) is 0. The van der Waals surface area contributed by atoms with Gasteiger partial charge in [-0.3, -0.25) is 0 Å². The number of nitrogens with two attached hydrogens (primary N) is 1. The summed E-state index contributed by atoms with van der Waals surface area (Å²) in [4.78, 5) is 0. The van der Waals surface area contributed by atoms with Crippen LogP contribution in [0, 0.1) is 0 Å². The van der Waals surface area contributed by atoms with E-state index in [1.807, 2.05) is 0 Å². The first-order valence-electron chi connectivity index (χ1n) is 5.62. The molecule has 1 aromatic rings. The Morgan fingerprint density at radius 3 is 2.69 bits per heavy atom. The molecule has 1 aromatic carbocycles. The van der Waals surface area contributed by atoms with Crippen molar-refractivity contribution in [2.75, 3.05) is 6.61 Å². The molecular formula is C13H18BrNO. The zero-order valence-corrected chi connectivity index (χ0v) is 11.6. The quantitative estimate of drug-likeness (QED) is 0.791. The summed E-state index contributed by atoms with van der Waals surface area (Å²) in [6.45, 7) is 7.32. The minimum atomic E-state index is 0.0994. The van der Waals surface area contributed by atoms with Gasteiger partial charge in [0, 0.05) is 18.0 Å². The van der Waals surface area contributed by atoms with Crippen molar-refractivity contribution in [3.63, 3.8) is 0 Å². The van der Waals surface area contributed by atoms with E-state index < -0.39 is 0 Å². The van der Waals surface area contributed by atoms with Crippen molar-refractivity contribution in [3.8, 4) is 5.75 Å². The molecule has 0 amide bonds. The van der Waals surface area contributed by atoms with Gasteiger partial charge in [-0.1, -0.05) is 20.8 Å². The largest absolute Gasteiger partial charge is 0.492 e. The third-order valence-electron chi connectivity index (χ3n) is 3.01. The van der Waals surface area contributed by atoms with Crippen LogP contribution in [-0.2, 0) is 5.41 Å². The molecule has 1 atom stereocenters. The van der Waals surface area contributed by atoms with E-state index >= 15 is 0 Å². The first-order valence-corrected chi connectivity index (χ1v) is 6.41. The van der Waals surface area contributed by atoms with Gasteiger partial charge in [0.25, 0.3) is 0 Å². The highest BCUT2D eigenvalue weighted by atomic mass is 79.9. The molecule has 2 N–H and O–H groups in total. The predicted octanol–water partition coefficient (Wildman–Crippen LogP) is 3.53. The molecule has 0 fully saturated rings. The van der Waals surface area contributed by atoms with Gasteiger partial charge < -0.3 is 10.5 Å². The second kappa shape index (κ2) is 4.04. The van der Waals surface area contributed by atoms with Crippen molar-refractivity contribution in [2.24, 2.45) is 5.73 Å². The lowest BCUT2D eigenvalue weighted by Gasteiger charge is -2.28. The Bertz CT molecular complexity index is 409. The number of hydrogen-bond donors (Lipinski definition) is 1. The van der Waals surface area contributed by atoms with Crippen LogP contribution >= 0.6 is 15.9 Å². The Balaban J connectivity index is 2.55. The molecule has 0 bridgehead atoms. The molecule has 16 heavy (non-hydrogen) atoms. The maximum absolute atomic E-state index is 6.13. The molecule has 0 aliphatic carbocycles. The van der Waals surface area contributed by atoms with E-state index in [0.717, 1.165) is 22.2 Å². The summed E-state index contributed by atoms with van der Waals surface area (Å²) in [5.74, 6) is 0.923. The van der Waals surface area contributed by atoms with Gasteiger partial charge in [-0.15, -0.1) is 0 Å². The summed E-state index contributed by atoms with van der Waals surface area (Å²) in [5.41, 5.74) is 8.68. The van der Waals surface area contributed by atoms with E-state index in [-0.39, 0.29) is 11.5 Å². The second-order valence-electron chi connectivity index (χ2n) is 5.37. The highest BCUT2D eigenvalue weighted by Gasteiger charge is 2.24. The van der Waals surface area contributed by atoms with Crippen LogP contribution in [0.25, 0.3) is 0 Å². The molecule has 0 aromatic heterocycles. The maximum Gasteiger partial charge on any atom is 0.138 e. The molecule has 2 nitrogen and oxygen atoms in total. The average Bonchev–Trinajstić information content (AvgIpc) is 2.18. The number of halogens is 1. The predicted molar refractivity (Wildman–Crippen MR) is 69.9 cm³/mol. The molecule has 88 valence electrons. The van der Waals surface area contributed by atoms with Crippen LogP contribution in [0.15, 0.2) is 16.6 Å². The molecule has 1 heterocycles. The van der Waals surface area contributed by atoms with Crippen molar-refractivity contribution in [2.45, 2.75) is 38.6 Å². The average molecular weight is 284 g/mol. The first kappa shape index (κ1) is 11.9. The van der Waals surface area contributed by atoms with Crippen LogP contribution in [0.3, 0.4) is 0 Å². The zero-order valence-electron chi connectivity index (χ0n) is 10.0. The van der Waals surface area contributed by atoms with Gasteiger partial charge in [-0.05, 0) is 39.0 Å². The van der Waals surface area contributed by atoms with Gasteiger partial charge in [-0.25, -0.2) is 0 Å². The van der Waals surface area contributed by atoms with Gasteiger partial charge in [-0.2, -0.15) is 0 Å². The standard InChI is InChI=1S/C13H18BrNO/c1-13(2,3)8-6-9-11(15)4-5-16-12(9)10(14)7-8/h6-7,11H,4-5,15H2,1-3H3/t11-/m0/s1. The van der Waals surface area contributed by atoms with Gasteiger partial charge in [0.15, 0.2) is 0 Å². The molecule has 2 rings (SSSR count). The number of benzene rings is 1. The molecule has 0 saturated heterocycles. The minimum absolute atomic E-state index is 0.0994. The topological polar surface area (TPSA) is 35.2 Å². The Kier molecular flexibility index (Phi) is 3.01. The molecule has 1 aliphatic heterocycles. The summed E-state index contributed by atoms with van der Waals surface area (Å²) < 4.78 is 6.68. The maximum atomic E-state index is 6.13. The van der Waals surface area contributed by atoms with Crippen LogP contribution < -0.4 is 10.5 Å². The Morgan fingerprint density at radius 2 is 2.06 bits per heavy atom. The molecular weight excluding hydrogens is 266 g/mol. The fraction of sp³-hybridized carbons (Fsp3) is 0.538. The lowest BCUT2D eigenvalue weighted by Crippen LogP contribution is -2.22. The fourth-order valence-corrected chi connectivity index (χ4v) is 2.51. The van der Waals surface area contributed by atoms with E-state index in [1.54, 1.807) is 0 Å². The Hall–Kier alpha value is -0.540. The van der Waals surface area contributed by atoms with Crippen LogP contribution in [-0.4, -0.2) is 6.61 Å². The van der Waals surface area contributed by atoms with Gasteiger partial charge in [0.05, 0.1) is 11.1 Å². The Morgan fingerprint density at radius 1 is 1.38 bits per heavy atom. The Labute approximate surface area is 105 Å². The number of hydrogen-bond acceptors (Lipinski definition) is 2. The smallest absolute Gasteiger partial charge is 0.138 e. The molecule has 0 spiro atoms. The number of ether oxygens (including phenoxy) is 1. The summed E-state index contributed by atoms with van der Waals surface area (Å²) >= 11 is 3.57. The summed E-state index contributed by atoms with van der Waals surface area (Å²) in [5, 5.41) is 0. The number of rotatable bonds is 0. The SMILES string of the molecule is CC(C)(C)c1cc(Br)c2c(c1)[C@@H](N)CCO2. The highest BCUT2D eigenvalue weighted by Crippen LogP contribution is 2.40. The first-order chi connectivity index (χ1) is 7.39. The van der Waals surface area contributed by atoms with E-state index in [1.165, 1.54) is 5.56 Å². The zero-order chi connectivity index (χ0) is 11.9. The normalized spacial score (nSPS) is 20.2. The molecule has 0 saturated carbocycles. The van der Waals surface area contributed by atoms with E-state index in [9.17, 15) is 0 Å². The van der Waals surface area contributed by atoms with Gasteiger partial charge in [0.1, 0.15) is 5.75 Å². The van der Waals surface area contributed by atoms with Crippen molar-refractivity contribution in [1.29, 1.82) is 0 Å². The van der Waals surface area contributed by atoms with Crippen LogP contribution in [0.5, 0.6) is 5.75 Å².